The summed E-state index contributed by atoms with van der Waals surface area (Å²) < 4.78 is 27.9. The first-order valence-corrected chi connectivity index (χ1v) is 10.8. The van der Waals surface area contributed by atoms with Gasteiger partial charge in [-0.2, -0.15) is 0 Å². The van der Waals surface area contributed by atoms with Crippen LogP contribution in [0.5, 0.6) is 0 Å². The molecular formula is C19H34N4O5S. The number of nitrogens with zero attached hydrogens (tertiary/aromatic N) is 3. The molecule has 1 rings (SSSR count). The molecule has 29 heavy (non-hydrogen) atoms. The number of carbonyl (C=O) groups is 2. The molecule has 0 saturated carbocycles. The van der Waals surface area contributed by atoms with Crippen LogP contribution in [0.2, 0.25) is 0 Å². The monoisotopic (exact) mass is 430 g/mol. The van der Waals surface area contributed by atoms with E-state index < -0.39 is 34.5 Å². The van der Waals surface area contributed by atoms with Crippen LogP contribution < -0.4 is 4.72 Å². The smallest absolute Gasteiger partial charge is 0.331 e. The summed E-state index contributed by atoms with van der Waals surface area (Å²) in [6.07, 6.45) is 4.15. The third kappa shape index (κ3) is 9.71. The van der Waals surface area contributed by atoms with Crippen molar-refractivity contribution in [3.05, 3.63) is 24.2 Å². The van der Waals surface area contributed by atoms with E-state index in [0.717, 1.165) is 5.92 Å². The van der Waals surface area contributed by atoms with Gasteiger partial charge in [-0.1, -0.05) is 40.7 Å². The average Bonchev–Trinajstić information content (AvgIpc) is 3.03. The fraction of sp³-hybridized carbons (Fsp3) is 0.632. The Bertz CT molecular complexity index is 810. The highest BCUT2D eigenvalue weighted by Crippen LogP contribution is 2.14. The van der Waals surface area contributed by atoms with Gasteiger partial charge < -0.3 is 14.6 Å². The van der Waals surface area contributed by atoms with Crippen molar-refractivity contribution in [2.24, 2.45) is 18.9 Å². The van der Waals surface area contributed by atoms with E-state index in [1.165, 1.54) is 42.0 Å². The predicted molar refractivity (Wildman–Crippen MR) is 112 cm³/mol. The molecule has 0 unspecified atom stereocenters. The Morgan fingerprint density at radius 3 is 2.17 bits per heavy atom. The van der Waals surface area contributed by atoms with Crippen molar-refractivity contribution in [3.8, 4) is 0 Å². The molecule has 10 heteroatoms. The SMILES string of the molecule is C/C(=C\[C@H](C(C)C)N(C)C(=O)CNS(=O)(=O)c1cn(C)cn1)C(=O)O.CC(C)C. The van der Waals surface area contributed by atoms with Crippen LogP contribution in [0.25, 0.3) is 0 Å². The summed E-state index contributed by atoms with van der Waals surface area (Å²) >= 11 is 0. The van der Waals surface area contributed by atoms with Gasteiger partial charge in [0.1, 0.15) is 0 Å². The number of hydrogen-bond acceptors (Lipinski definition) is 5. The fourth-order valence-electron chi connectivity index (χ4n) is 2.13. The molecule has 1 heterocycles. The fourth-order valence-corrected chi connectivity index (χ4v) is 3.08. The van der Waals surface area contributed by atoms with Crippen molar-refractivity contribution in [2.75, 3.05) is 13.6 Å². The van der Waals surface area contributed by atoms with Crippen LogP contribution in [0.1, 0.15) is 41.5 Å². The van der Waals surface area contributed by atoms with Gasteiger partial charge in [-0.3, -0.25) is 4.79 Å². The Hall–Kier alpha value is -2.20. The Morgan fingerprint density at radius 2 is 1.79 bits per heavy atom. The number of aliphatic carboxylic acids is 1. The summed E-state index contributed by atoms with van der Waals surface area (Å²) in [5.41, 5.74) is 0.118. The van der Waals surface area contributed by atoms with Crippen LogP contribution in [0, 0.1) is 11.8 Å². The number of aromatic nitrogens is 2. The average molecular weight is 431 g/mol. The zero-order valence-electron chi connectivity index (χ0n) is 18.5. The zero-order chi connectivity index (χ0) is 22.9. The topological polar surface area (TPSA) is 122 Å². The standard InChI is InChI=1S/C15H24N4O5S.C4H10/c1-10(2)12(6-11(3)15(21)22)19(5)14(20)7-17-25(23,24)13-8-18(4)9-16-13;1-4(2)3/h6,8-10,12,17H,7H2,1-5H3,(H,21,22);4H,1-3H3/b11-6+;/t12-;/m1./s1. The second-order valence-electron chi connectivity index (χ2n) is 7.83. The maximum absolute atomic E-state index is 12.3. The van der Waals surface area contributed by atoms with Gasteiger partial charge in [0.15, 0.2) is 5.03 Å². The molecule has 1 aromatic heterocycles. The Kier molecular flexibility index (Phi) is 10.8. The van der Waals surface area contributed by atoms with E-state index in [0.29, 0.717) is 0 Å². The molecule has 0 spiro atoms. The first-order chi connectivity index (χ1) is 13.2. The van der Waals surface area contributed by atoms with E-state index in [4.69, 9.17) is 5.11 Å². The summed E-state index contributed by atoms with van der Waals surface area (Å²) in [4.78, 5) is 28.4. The summed E-state index contributed by atoms with van der Waals surface area (Å²) in [7, 11) is -0.748. The van der Waals surface area contributed by atoms with Crippen molar-refractivity contribution in [1.29, 1.82) is 0 Å². The number of nitrogens with one attached hydrogen (secondary N) is 1. The van der Waals surface area contributed by atoms with Gasteiger partial charge in [0.2, 0.25) is 5.91 Å². The van der Waals surface area contributed by atoms with Crippen molar-refractivity contribution in [1.82, 2.24) is 19.2 Å². The number of amides is 1. The maximum Gasteiger partial charge on any atom is 0.331 e. The number of imidazole rings is 1. The first-order valence-electron chi connectivity index (χ1n) is 9.34. The normalized spacial score (nSPS) is 13.1. The van der Waals surface area contributed by atoms with Gasteiger partial charge in [0, 0.05) is 25.9 Å². The van der Waals surface area contributed by atoms with E-state index >= 15 is 0 Å². The summed E-state index contributed by atoms with van der Waals surface area (Å²) in [5.74, 6) is -0.759. The lowest BCUT2D eigenvalue weighted by molar-refractivity contribution is -0.133. The largest absolute Gasteiger partial charge is 0.478 e. The maximum atomic E-state index is 12.3. The molecule has 1 amide bonds. The lowest BCUT2D eigenvalue weighted by atomic mass is 10.00. The Morgan fingerprint density at radius 1 is 1.28 bits per heavy atom. The molecular weight excluding hydrogens is 396 g/mol. The molecule has 0 fully saturated rings. The number of rotatable bonds is 8. The highest BCUT2D eigenvalue weighted by Gasteiger charge is 2.24. The molecule has 2 N–H and O–H groups in total. The second kappa shape index (κ2) is 11.7. The molecule has 0 aliphatic rings. The Labute approximate surface area is 173 Å². The molecule has 1 aromatic rings. The number of sulfonamides is 1. The quantitative estimate of drug-likeness (QED) is 0.607. The van der Waals surface area contributed by atoms with Crippen LogP contribution >= 0.6 is 0 Å². The van der Waals surface area contributed by atoms with Gasteiger partial charge >= 0.3 is 5.97 Å². The van der Waals surface area contributed by atoms with Crippen LogP contribution in [0.3, 0.4) is 0 Å². The molecule has 166 valence electrons. The predicted octanol–water partition coefficient (Wildman–Crippen LogP) is 1.87. The van der Waals surface area contributed by atoms with Crippen LogP contribution in [0.4, 0.5) is 0 Å². The Balaban J connectivity index is 0.00000178. The highest BCUT2D eigenvalue weighted by atomic mass is 32.2. The zero-order valence-corrected chi connectivity index (χ0v) is 19.3. The first kappa shape index (κ1) is 26.8. The van der Waals surface area contributed by atoms with E-state index in [-0.39, 0.29) is 16.5 Å². The summed E-state index contributed by atoms with van der Waals surface area (Å²) in [6, 6.07) is -0.469. The van der Waals surface area contributed by atoms with Gasteiger partial charge in [-0.05, 0) is 18.8 Å². The van der Waals surface area contributed by atoms with Gasteiger partial charge in [0.25, 0.3) is 10.0 Å². The highest BCUT2D eigenvalue weighted by molar-refractivity contribution is 7.89. The number of likely N-dealkylation sites (N-methyl/N-ethyl adjacent to an activating group) is 1. The van der Waals surface area contributed by atoms with E-state index in [2.05, 4.69) is 30.5 Å². The minimum Gasteiger partial charge on any atom is -0.478 e. The second-order valence-corrected chi connectivity index (χ2v) is 9.54. The molecule has 0 saturated heterocycles. The van der Waals surface area contributed by atoms with Gasteiger partial charge in [-0.15, -0.1) is 0 Å². The van der Waals surface area contributed by atoms with E-state index in [1.807, 2.05) is 13.8 Å². The molecule has 1 atom stereocenters. The van der Waals surface area contributed by atoms with Crippen LogP contribution in [-0.4, -0.2) is 59.5 Å². The molecule has 0 aliphatic heterocycles. The number of aryl methyl sites for hydroxylation is 1. The van der Waals surface area contributed by atoms with E-state index in [1.54, 1.807) is 7.05 Å². The molecule has 0 aliphatic carbocycles. The van der Waals surface area contributed by atoms with Gasteiger partial charge in [-0.25, -0.2) is 22.9 Å². The van der Waals surface area contributed by atoms with Crippen molar-refractivity contribution in [2.45, 2.75) is 52.6 Å². The van der Waals surface area contributed by atoms with Crippen LogP contribution in [0.15, 0.2) is 29.2 Å². The van der Waals surface area contributed by atoms with Crippen molar-refractivity contribution < 1.29 is 23.1 Å². The minimum atomic E-state index is -3.89. The minimum absolute atomic E-state index is 0.0457. The molecule has 0 bridgehead atoms. The summed E-state index contributed by atoms with van der Waals surface area (Å²) in [5, 5.41) is 8.83. The van der Waals surface area contributed by atoms with Crippen molar-refractivity contribution in [3.63, 3.8) is 0 Å². The number of carboxylic acids is 1. The number of hydrogen-bond donors (Lipinski definition) is 2. The van der Waals surface area contributed by atoms with Gasteiger partial charge in [0.05, 0.1) is 18.9 Å². The van der Waals surface area contributed by atoms with E-state index in [9.17, 15) is 18.0 Å². The summed E-state index contributed by atoms with van der Waals surface area (Å²) in [6.45, 7) is 11.2. The third-order valence-electron chi connectivity index (χ3n) is 3.65. The van der Waals surface area contributed by atoms with Crippen LogP contribution in [-0.2, 0) is 26.7 Å². The molecule has 9 nitrogen and oxygen atoms in total. The number of carboxylic acid groups (broad SMARTS) is 1. The third-order valence-corrected chi connectivity index (χ3v) is 4.94. The van der Waals surface area contributed by atoms with Crippen molar-refractivity contribution >= 4 is 21.9 Å². The lowest BCUT2D eigenvalue weighted by Gasteiger charge is -2.29. The number of carbonyl (C=O) groups excluding carboxylic acids is 1. The molecule has 0 aromatic carbocycles. The molecule has 0 radical (unpaired) electrons. The lowest BCUT2D eigenvalue weighted by Crippen LogP contribution is -2.44.